The van der Waals surface area contributed by atoms with Gasteiger partial charge in [0, 0.05) is 25.0 Å². The number of piperidine rings is 1. The zero-order chi connectivity index (χ0) is 13.0. The summed E-state index contributed by atoms with van der Waals surface area (Å²) < 4.78 is 0. The molecule has 0 bridgehead atoms. The quantitative estimate of drug-likeness (QED) is 0.771. The van der Waals surface area contributed by atoms with Crippen molar-refractivity contribution in [3.8, 4) is 0 Å². The predicted molar refractivity (Wildman–Crippen MR) is 73.2 cm³/mol. The molecule has 18 heavy (non-hydrogen) atoms. The van der Waals surface area contributed by atoms with Crippen LogP contribution >= 0.6 is 0 Å². The molecule has 2 rings (SSSR count). The largest absolute Gasteiger partial charge is 0.352 e. The van der Waals surface area contributed by atoms with E-state index in [9.17, 15) is 4.79 Å². The van der Waals surface area contributed by atoms with Crippen LogP contribution in [-0.4, -0.2) is 42.5 Å². The fourth-order valence-electron chi connectivity index (χ4n) is 3.34. The summed E-state index contributed by atoms with van der Waals surface area (Å²) in [5, 5.41) is 3.24. The maximum absolute atomic E-state index is 12.0. The van der Waals surface area contributed by atoms with E-state index in [1.54, 1.807) is 0 Å². The van der Waals surface area contributed by atoms with Crippen LogP contribution in [0.2, 0.25) is 0 Å². The van der Waals surface area contributed by atoms with Gasteiger partial charge in [-0.2, -0.15) is 0 Å². The Kier molecular flexibility index (Phi) is 5.01. The highest BCUT2D eigenvalue weighted by Crippen LogP contribution is 2.27. The maximum atomic E-state index is 12.0. The summed E-state index contributed by atoms with van der Waals surface area (Å²) in [7, 11) is 0. The van der Waals surface area contributed by atoms with Gasteiger partial charge >= 0.3 is 0 Å². The van der Waals surface area contributed by atoms with Gasteiger partial charge in [0.15, 0.2) is 0 Å². The van der Waals surface area contributed by atoms with Gasteiger partial charge in [0.2, 0.25) is 5.91 Å². The van der Waals surface area contributed by atoms with Crippen molar-refractivity contribution in [2.24, 2.45) is 11.7 Å². The molecule has 2 aliphatic heterocycles. The molecule has 3 N–H and O–H groups in total. The lowest BCUT2D eigenvalue weighted by molar-refractivity contribution is -0.122. The van der Waals surface area contributed by atoms with Crippen LogP contribution in [0, 0.1) is 5.92 Å². The Bertz CT molecular complexity index is 278. The SMILES string of the molecule is CCC(CN)CC(=O)NC1CCN2CCCCC12. The van der Waals surface area contributed by atoms with E-state index in [-0.39, 0.29) is 5.91 Å². The van der Waals surface area contributed by atoms with Gasteiger partial charge in [0.05, 0.1) is 0 Å². The molecule has 0 saturated carbocycles. The van der Waals surface area contributed by atoms with Crippen molar-refractivity contribution in [2.45, 2.75) is 57.5 Å². The standard InChI is InChI=1S/C14H27N3O/c1-2-11(10-15)9-14(18)16-12-6-8-17-7-4-3-5-13(12)17/h11-13H,2-10,15H2,1H3,(H,16,18). The number of nitrogens with one attached hydrogen (secondary N) is 1. The zero-order valence-corrected chi connectivity index (χ0v) is 11.5. The monoisotopic (exact) mass is 253 g/mol. The van der Waals surface area contributed by atoms with Crippen molar-refractivity contribution >= 4 is 5.91 Å². The van der Waals surface area contributed by atoms with Crippen LogP contribution in [0.15, 0.2) is 0 Å². The van der Waals surface area contributed by atoms with E-state index in [0.29, 0.717) is 31.0 Å². The molecule has 2 fully saturated rings. The van der Waals surface area contributed by atoms with E-state index in [1.807, 2.05) is 0 Å². The van der Waals surface area contributed by atoms with Crippen molar-refractivity contribution in [1.29, 1.82) is 0 Å². The van der Waals surface area contributed by atoms with Crippen molar-refractivity contribution in [1.82, 2.24) is 10.2 Å². The van der Waals surface area contributed by atoms with E-state index in [4.69, 9.17) is 5.73 Å². The second-order valence-electron chi connectivity index (χ2n) is 5.78. The minimum absolute atomic E-state index is 0.199. The van der Waals surface area contributed by atoms with Crippen LogP contribution in [0.4, 0.5) is 0 Å². The highest BCUT2D eigenvalue weighted by atomic mass is 16.1. The third-order valence-corrected chi connectivity index (χ3v) is 4.59. The van der Waals surface area contributed by atoms with Crippen LogP contribution in [0.1, 0.15) is 45.4 Å². The first-order valence-electron chi connectivity index (χ1n) is 7.48. The highest BCUT2D eigenvalue weighted by Gasteiger charge is 2.36. The van der Waals surface area contributed by atoms with Crippen LogP contribution in [0.3, 0.4) is 0 Å². The van der Waals surface area contributed by atoms with E-state index < -0.39 is 0 Å². The summed E-state index contributed by atoms with van der Waals surface area (Å²) in [6.07, 6.45) is 6.59. The van der Waals surface area contributed by atoms with Crippen LogP contribution in [-0.2, 0) is 4.79 Å². The second-order valence-corrected chi connectivity index (χ2v) is 5.78. The molecule has 4 heteroatoms. The summed E-state index contributed by atoms with van der Waals surface area (Å²) in [6, 6.07) is 0.980. The third kappa shape index (κ3) is 3.23. The Hall–Kier alpha value is -0.610. The molecular formula is C14H27N3O. The molecule has 0 aromatic rings. The molecule has 2 heterocycles. The van der Waals surface area contributed by atoms with Gasteiger partial charge in [-0.25, -0.2) is 0 Å². The number of hydrogen-bond acceptors (Lipinski definition) is 3. The molecule has 0 radical (unpaired) electrons. The number of carbonyl (C=O) groups excluding carboxylic acids is 1. The predicted octanol–water partition coefficient (Wildman–Crippen LogP) is 1.10. The van der Waals surface area contributed by atoms with Gasteiger partial charge in [-0.1, -0.05) is 19.8 Å². The molecule has 104 valence electrons. The molecule has 0 aromatic heterocycles. The molecule has 2 saturated heterocycles. The lowest BCUT2D eigenvalue weighted by Crippen LogP contribution is -2.47. The van der Waals surface area contributed by atoms with Crippen molar-refractivity contribution in [3.63, 3.8) is 0 Å². The van der Waals surface area contributed by atoms with Gasteiger partial charge in [-0.3, -0.25) is 9.69 Å². The molecule has 1 amide bonds. The Balaban J connectivity index is 1.80. The van der Waals surface area contributed by atoms with Gasteiger partial charge < -0.3 is 11.1 Å². The van der Waals surface area contributed by atoms with Crippen LogP contribution in [0.25, 0.3) is 0 Å². The summed E-state index contributed by atoms with van der Waals surface area (Å²) in [4.78, 5) is 14.6. The van der Waals surface area contributed by atoms with Crippen molar-refractivity contribution < 1.29 is 4.79 Å². The fourth-order valence-corrected chi connectivity index (χ4v) is 3.34. The lowest BCUT2D eigenvalue weighted by atomic mass is 9.98. The summed E-state index contributed by atoms with van der Waals surface area (Å²) >= 11 is 0. The van der Waals surface area contributed by atoms with Crippen molar-refractivity contribution in [3.05, 3.63) is 0 Å². The minimum Gasteiger partial charge on any atom is -0.352 e. The number of hydrogen-bond donors (Lipinski definition) is 2. The van der Waals surface area contributed by atoms with Gasteiger partial charge in [0.25, 0.3) is 0 Å². The average molecular weight is 253 g/mol. The smallest absolute Gasteiger partial charge is 0.220 e. The maximum Gasteiger partial charge on any atom is 0.220 e. The number of amides is 1. The van der Waals surface area contributed by atoms with Gasteiger partial charge in [0.1, 0.15) is 0 Å². The van der Waals surface area contributed by atoms with Crippen LogP contribution in [0.5, 0.6) is 0 Å². The lowest BCUT2D eigenvalue weighted by Gasteiger charge is -2.32. The molecule has 3 atom stereocenters. The summed E-state index contributed by atoms with van der Waals surface area (Å²) in [5.41, 5.74) is 5.66. The number of rotatable bonds is 5. The molecular weight excluding hydrogens is 226 g/mol. The van der Waals surface area contributed by atoms with Gasteiger partial charge in [-0.05, 0) is 38.3 Å². The Morgan fingerprint density at radius 1 is 1.39 bits per heavy atom. The number of nitrogens with two attached hydrogens (primary N) is 1. The number of fused-ring (bicyclic) bond motifs is 1. The first-order chi connectivity index (χ1) is 8.74. The first-order valence-corrected chi connectivity index (χ1v) is 7.48. The molecule has 0 aromatic carbocycles. The zero-order valence-electron chi connectivity index (χ0n) is 11.5. The highest BCUT2D eigenvalue weighted by molar-refractivity contribution is 5.76. The molecule has 3 unspecified atom stereocenters. The van der Waals surface area contributed by atoms with E-state index in [0.717, 1.165) is 19.4 Å². The molecule has 0 aliphatic carbocycles. The average Bonchev–Trinajstić information content (AvgIpc) is 2.79. The van der Waals surface area contributed by atoms with E-state index in [1.165, 1.54) is 25.8 Å². The Labute approximate surface area is 110 Å². The summed E-state index contributed by atoms with van der Waals surface area (Å²) in [6.45, 7) is 5.09. The summed E-state index contributed by atoms with van der Waals surface area (Å²) in [5.74, 6) is 0.540. The topological polar surface area (TPSA) is 58.4 Å². The third-order valence-electron chi connectivity index (χ3n) is 4.59. The Morgan fingerprint density at radius 3 is 2.94 bits per heavy atom. The minimum atomic E-state index is 0.199. The number of nitrogens with zero attached hydrogens (tertiary/aromatic N) is 1. The second kappa shape index (κ2) is 6.53. The molecule has 0 spiro atoms. The normalized spacial score (nSPS) is 29.9. The van der Waals surface area contributed by atoms with Gasteiger partial charge in [-0.15, -0.1) is 0 Å². The fraction of sp³-hybridized carbons (Fsp3) is 0.929. The molecule has 4 nitrogen and oxygen atoms in total. The Morgan fingerprint density at radius 2 is 2.22 bits per heavy atom. The molecule has 2 aliphatic rings. The van der Waals surface area contributed by atoms with E-state index in [2.05, 4.69) is 17.1 Å². The van der Waals surface area contributed by atoms with Crippen molar-refractivity contribution in [2.75, 3.05) is 19.6 Å². The van der Waals surface area contributed by atoms with Crippen LogP contribution < -0.4 is 11.1 Å². The first kappa shape index (κ1) is 13.8. The van der Waals surface area contributed by atoms with E-state index >= 15 is 0 Å². The number of carbonyl (C=O) groups is 1.